The van der Waals surface area contributed by atoms with E-state index >= 15 is 0 Å². The molecule has 0 fully saturated rings. The number of nitrogen functional groups attached to an aromatic ring is 1. The normalized spacial score (nSPS) is 13.2. The van der Waals surface area contributed by atoms with E-state index in [0.29, 0.717) is 10.6 Å². The first-order valence-electron chi connectivity index (χ1n) is 6.56. The van der Waals surface area contributed by atoms with Crippen LogP contribution < -0.4 is 21.3 Å². The van der Waals surface area contributed by atoms with Gasteiger partial charge in [0.25, 0.3) is 17.4 Å². The second-order valence-corrected chi connectivity index (χ2v) is 5.74. The van der Waals surface area contributed by atoms with Crippen molar-refractivity contribution in [3.05, 3.63) is 50.0 Å². The highest BCUT2D eigenvalue weighted by molar-refractivity contribution is 9.10. The van der Waals surface area contributed by atoms with Crippen LogP contribution in [0.1, 0.15) is 20.7 Å². The highest BCUT2D eigenvalue weighted by atomic mass is 79.9. The van der Waals surface area contributed by atoms with Gasteiger partial charge < -0.3 is 10.5 Å². The Morgan fingerprint density at radius 1 is 1.16 bits per heavy atom. The number of fused-ring (bicyclic) bond motifs is 1. The molecule has 0 unspecified atom stereocenters. The molecule has 1 aliphatic rings. The molecule has 0 saturated heterocycles. The molecule has 1 aliphatic heterocycles. The number of rotatable bonds is 3. The number of alkyl halides is 2. The molecule has 0 bridgehead atoms. The third-order valence-corrected chi connectivity index (χ3v) is 4.02. The van der Waals surface area contributed by atoms with Crippen molar-refractivity contribution in [3.63, 3.8) is 0 Å². The van der Waals surface area contributed by atoms with Crippen LogP contribution in [0, 0.1) is 5.82 Å². The number of carbonyl (C=O) groups excluding carboxylic acids is 2. The summed E-state index contributed by atoms with van der Waals surface area (Å²) in [5, 5.41) is 1.97. The number of imide groups is 1. The molecule has 0 atom stereocenters. The Balaban J connectivity index is 2.33. The molecule has 0 aliphatic carbocycles. The molecule has 130 valence electrons. The topological polar surface area (TPSA) is 103 Å². The monoisotopic (exact) mass is 417 g/mol. The third kappa shape index (κ3) is 2.76. The van der Waals surface area contributed by atoms with Gasteiger partial charge in [0.15, 0.2) is 5.75 Å². The fourth-order valence-electron chi connectivity index (χ4n) is 2.41. The summed E-state index contributed by atoms with van der Waals surface area (Å²) in [7, 11) is 0. The number of amides is 2. The van der Waals surface area contributed by atoms with E-state index in [1.54, 1.807) is 0 Å². The molecule has 11 heteroatoms. The van der Waals surface area contributed by atoms with Crippen LogP contribution in [-0.2, 0) is 0 Å². The number of benzene rings is 1. The molecule has 2 heterocycles. The van der Waals surface area contributed by atoms with Crippen LogP contribution in [-0.4, -0.2) is 23.0 Å². The van der Waals surface area contributed by atoms with Gasteiger partial charge in [-0.05, 0) is 22.0 Å². The summed E-state index contributed by atoms with van der Waals surface area (Å²) in [6.07, 6.45) is 0. The maximum Gasteiger partial charge on any atom is 0.387 e. The average Bonchev–Trinajstić information content (AvgIpc) is 2.78. The van der Waals surface area contributed by atoms with Crippen LogP contribution >= 0.6 is 15.9 Å². The first-order valence-corrected chi connectivity index (χ1v) is 7.35. The fourth-order valence-corrected chi connectivity index (χ4v) is 2.74. The number of ether oxygens (including phenoxy) is 1. The Morgan fingerprint density at radius 3 is 2.48 bits per heavy atom. The highest BCUT2D eigenvalue weighted by Crippen LogP contribution is 2.32. The van der Waals surface area contributed by atoms with Gasteiger partial charge in [0.1, 0.15) is 11.6 Å². The highest BCUT2D eigenvalue weighted by Gasteiger charge is 2.32. The number of aromatic nitrogens is 1. The van der Waals surface area contributed by atoms with Gasteiger partial charge in [0.2, 0.25) is 0 Å². The van der Waals surface area contributed by atoms with E-state index in [1.165, 1.54) is 0 Å². The van der Waals surface area contributed by atoms with Gasteiger partial charge in [-0.3, -0.25) is 24.3 Å². The van der Waals surface area contributed by atoms with E-state index in [4.69, 9.17) is 5.73 Å². The number of carbonyl (C=O) groups is 2. The van der Waals surface area contributed by atoms with Crippen LogP contribution in [0.2, 0.25) is 0 Å². The van der Waals surface area contributed by atoms with Crippen LogP contribution in [0.25, 0.3) is 5.69 Å². The second kappa shape index (κ2) is 5.92. The zero-order valence-corrected chi connectivity index (χ0v) is 13.6. The number of nitrogens with one attached hydrogen (secondary N) is 1. The molecule has 7 nitrogen and oxygen atoms in total. The zero-order chi connectivity index (χ0) is 18.5. The Labute approximate surface area is 145 Å². The minimum Gasteiger partial charge on any atom is -0.432 e. The summed E-state index contributed by atoms with van der Waals surface area (Å²) in [5.41, 5.74) is 4.07. The van der Waals surface area contributed by atoms with E-state index in [9.17, 15) is 27.6 Å². The van der Waals surface area contributed by atoms with Crippen LogP contribution in [0.15, 0.2) is 27.5 Å². The molecule has 2 aromatic rings. The Morgan fingerprint density at radius 2 is 1.84 bits per heavy atom. The minimum atomic E-state index is -3.30. The molecule has 2 amide bonds. The number of hydrogen-bond acceptors (Lipinski definition) is 5. The summed E-state index contributed by atoms with van der Waals surface area (Å²) < 4.78 is 43.6. The lowest BCUT2D eigenvalue weighted by Crippen LogP contribution is -2.25. The van der Waals surface area contributed by atoms with E-state index in [2.05, 4.69) is 20.7 Å². The molecule has 0 radical (unpaired) electrons. The standard InChI is InChI=1S/C14H7BrF3N3O4/c15-5-2-7(8(3-6(5)16)25-14(17)18)21-9(22)1-4-10(11(21)19)13(24)20-12(4)23/h1-3,14H,19H2,(H,20,23,24). The number of halogens is 4. The molecule has 0 saturated carbocycles. The summed E-state index contributed by atoms with van der Waals surface area (Å²) >= 11 is 2.87. The zero-order valence-electron chi connectivity index (χ0n) is 12.0. The number of pyridine rings is 1. The molecule has 0 spiro atoms. The van der Waals surface area contributed by atoms with Crippen molar-refractivity contribution in [2.75, 3.05) is 5.73 Å². The van der Waals surface area contributed by atoms with Gasteiger partial charge in [0, 0.05) is 12.1 Å². The van der Waals surface area contributed by atoms with Crippen molar-refractivity contribution in [1.82, 2.24) is 9.88 Å². The van der Waals surface area contributed by atoms with E-state index in [0.717, 1.165) is 12.1 Å². The van der Waals surface area contributed by atoms with E-state index < -0.39 is 41.4 Å². The molecule has 1 aromatic heterocycles. The quantitative estimate of drug-likeness (QED) is 0.741. The molecular formula is C14H7BrF3N3O4. The summed E-state index contributed by atoms with van der Waals surface area (Å²) in [4.78, 5) is 35.8. The molecular weight excluding hydrogens is 411 g/mol. The van der Waals surface area contributed by atoms with Gasteiger partial charge in [0.05, 0.1) is 21.3 Å². The van der Waals surface area contributed by atoms with Gasteiger partial charge in [-0.25, -0.2) is 4.39 Å². The number of hydrogen-bond donors (Lipinski definition) is 2. The molecule has 3 N–H and O–H groups in total. The largest absolute Gasteiger partial charge is 0.432 e. The van der Waals surface area contributed by atoms with Crippen molar-refractivity contribution in [1.29, 1.82) is 0 Å². The van der Waals surface area contributed by atoms with Crippen molar-refractivity contribution >= 4 is 33.6 Å². The average molecular weight is 418 g/mol. The van der Waals surface area contributed by atoms with Gasteiger partial charge in [-0.1, -0.05) is 0 Å². The van der Waals surface area contributed by atoms with Gasteiger partial charge in [-0.2, -0.15) is 8.78 Å². The molecule has 3 rings (SSSR count). The van der Waals surface area contributed by atoms with Crippen molar-refractivity contribution in [2.24, 2.45) is 0 Å². The van der Waals surface area contributed by atoms with Crippen LogP contribution in [0.3, 0.4) is 0 Å². The Bertz CT molecular complexity index is 990. The maximum atomic E-state index is 13.7. The van der Waals surface area contributed by atoms with Crippen molar-refractivity contribution in [2.45, 2.75) is 6.61 Å². The third-order valence-electron chi connectivity index (χ3n) is 3.41. The second-order valence-electron chi connectivity index (χ2n) is 4.89. The summed E-state index contributed by atoms with van der Waals surface area (Å²) in [5.74, 6) is -3.71. The lowest BCUT2D eigenvalue weighted by atomic mass is 10.1. The summed E-state index contributed by atoms with van der Waals surface area (Å²) in [6, 6.07) is 2.46. The Hall–Kier alpha value is -2.82. The van der Waals surface area contributed by atoms with Gasteiger partial charge in [-0.15, -0.1) is 0 Å². The van der Waals surface area contributed by atoms with Gasteiger partial charge >= 0.3 is 6.61 Å². The number of anilines is 1. The molecule has 25 heavy (non-hydrogen) atoms. The minimum absolute atomic E-state index is 0.156. The lowest BCUT2D eigenvalue weighted by Gasteiger charge is -2.16. The fraction of sp³-hybridized carbons (Fsp3) is 0.0714. The van der Waals surface area contributed by atoms with Crippen LogP contribution in [0.5, 0.6) is 5.75 Å². The lowest BCUT2D eigenvalue weighted by molar-refractivity contribution is -0.0500. The van der Waals surface area contributed by atoms with Crippen LogP contribution in [0.4, 0.5) is 19.0 Å². The molecule has 1 aromatic carbocycles. The van der Waals surface area contributed by atoms with E-state index in [-0.39, 0.29) is 21.3 Å². The Kier molecular flexibility index (Phi) is 4.03. The predicted molar refractivity (Wildman–Crippen MR) is 82.5 cm³/mol. The van der Waals surface area contributed by atoms with Crippen molar-refractivity contribution in [3.8, 4) is 11.4 Å². The van der Waals surface area contributed by atoms with E-state index in [1.807, 2.05) is 5.32 Å². The summed E-state index contributed by atoms with van der Waals surface area (Å²) in [6.45, 7) is -3.30. The van der Waals surface area contributed by atoms with Crippen molar-refractivity contribution < 1.29 is 27.5 Å². The first kappa shape index (κ1) is 17.0. The first-order chi connectivity index (χ1) is 11.7. The predicted octanol–water partition coefficient (Wildman–Crippen LogP) is 1.81. The number of nitrogens with zero attached hydrogens (tertiary/aromatic N) is 1. The smallest absolute Gasteiger partial charge is 0.387 e. The number of nitrogens with two attached hydrogens (primary N) is 1. The SMILES string of the molecule is Nc1c2c(cc(=O)n1-c1cc(Br)c(F)cc1OC(F)F)C(=O)NC2=O. The maximum absolute atomic E-state index is 13.7.